The summed E-state index contributed by atoms with van der Waals surface area (Å²) in [6, 6.07) is 18.8. The van der Waals surface area contributed by atoms with Gasteiger partial charge in [-0.1, -0.05) is 30.8 Å². The van der Waals surface area contributed by atoms with Gasteiger partial charge in [-0.2, -0.15) is 0 Å². The van der Waals surface area contributed by atoms with Crippen LogP contribution < -0.4 is 14.4 Å². The predicted molar refractivity (Wildman–Crippen MR) is 131 cm³/mol. The summed E-state index contributed by atoms with van der Waals surface area (Å²) in [7, 11) is 3.27. The zero-order valence-electron chi connectivity index (χ0n) is 18.5. The van der Waals surface area contributed by atoms with Crippen molar-refractivity contribution in [3.05, 3.63) is 94.2 Å². The van der Waals surface area contributed by atoms with Crippen molar-refractivity contribution in [2.75, 3.05) is 25.7 Å². The molecule has 168 valence electrons. The molecule has 0 heterocycles. The van der Waals surface area contributed by atoms with Crippen molar-refractivity contribution < 1.29 is 18.6 Å². The normalized spacial score (nSPS) is 10.5. The number of benzene rings is 3. The topological polar surface area (TPSA) is 30.9 Å². The lowest BCUT2D eigenvalue weighted by molar-refractivity contribution is 0.299. The van der Waals surface area contributed by atoms with E-state index < -0.39 is 0 Å². The molecule has 4 nitrogen and oxygen atoms in total. The quantitative estimate of drug-likeness (QED) is 0.286. The summed E-state index contributed by atoms with van der Waals surface area (Å²) in [5.41, 5.74) is 3.16. The van der Waals surface area contributed by atoms with Crippen molar-refractivity contribution >= 4 is 27.4 Å². The summed E-state index contributed by atoms with van der Waals surface area (Å²) >= 11 is 3.56. The fourth-order valence-corrected chi connectivity index (χ4v) is 3.93. The molecule has 0 aromatic heterocycles. The summed E-state index contributed by atoms with van der Waals surface area (Å²) < 4.78 is 32.0. The molecular weight excluding hydrogens is 473 g/mol. The Labute approximate surface area is 197 Å². The molecule has 0 unspecified atom stereocenters. The van der Waals surface area contributed by atoms with Crippen LogP contribution in [0, 0.1) is 5.82 Å². The highest BCUT2D eigenvalue weighted by Crippen LogP contribution is 2.33. The van der Waals surface area contributed by atoms with Gasteiger partial charge in [0.15, 0.2) is 0 Å². The molecule has 0 N–H and O–H groups in total. The van der Waals surface area contributed by atoms with Crippen molar-refractivity contribution in [3.63, 3.8) is 0 Å². The molecule has 3 aromatic rings. The van der Waals surface area contributed by atoms with E-state index in [2.05, 4.69) is 22.5 Å². The van der Waals surface area contributed by atoms with Crippen molar-refractivity contribution in [2.24, 2.45) is 0 Å². The smallest absolute Gasteiger partial charge is 0.147 e. The van der Waals surface area contributed by atoms with Crippen molar-refractivity contribution in [3.8, 4) is 11.5 Å². The summed E-state index contributed by atoms with van der Waals surface area (Å²) in [4.78, 5) is 2.00. The molecule has 0 atom stereocenters. The molecule has 3 rings (SSSR count). The van der Waals surface area contributed by atoms with Gasteiger partial charge in [-0.3, -0.25) is 0 Å². The standard InChI is InChI=1S/C26H27BrFNO3/c1-5-32-18(2)23-14-25(28)26(15-24(23)27)29(16-19-6-10-21(30-3)11-7-19)17-20-8-12-22(31-4)13-9-20/h6-15H,2,5,16-17H2,1,3-4H3. The van der Waals surface area contributed by atoms with E-state index >= 15 is 4.39 Å². The van der Waals surface area contributed by atoms with Gasteiger partial charge in [0.25, 0.3) is 0 Å². The molecule has 0 aliphatic rings. The Morgan fingerprint density at radius 1 is 0.906 bits per heavy atom. The number of hydrogen-bond donors (Lipinski definition) is 0. The van der Waals surface area contributed by atoms with Gasteiger partial charge in [0.05, 0.1) is 26.5 Å². The summed E-state index contributed by atoms with van der Waals surface area (Å²) in [5, 5.41) is 0. The molecule has 0 fully saturated rings. The Morgan fingerprint density at radius 3 is 1.84 bits per heavy atom. The predicted octanol–water partition coefficient (Wildman–Crippen LogP) is 6.82. The monoisotopic (exact) mass is 499 g/mol. The van der Waals surface area contributed by atoms with Crippen LogP contribution in [0.25, 0.3) is 5.76 Å². The molecule has 32 heavy (non-hydrogen) atoms. The second-order valence-corrected chi connectivity index (χ2v) is 8.05. The van der Waals surface area contributed by atoms with E-state index in [4.69, 9.17) is 14.2 Å². The Bertz CT molecular complexity index is 1000. The molecule has 0 amide bonds. The van der Waals surface area contributed by atoms with E-state index in [0.717, 1.165) is 27.1 Å². The summed E-state index contributed by atoms with van der Waals surface area (Å²) in [6.07, 6.45) is 0. The minimum atomic E-state index is -0.342. The fourth-order valence-electron chi connectivity index (χ4n) is 3.37. The minimum Gasteiger partial charge on any atom is -0.497 e. The average molecular weight is 500 g/mol. The van der Waals surface area contributed by atoms with Crippen LogP contribution in [-0.2, 0) is 17.8 Å². The largest absolute Gasteiger partial charge is 0.497 e. The van der Waals surface area contributed by atoms with Gasteiger partial charge in [-0.15, -0.1) is 0 Å². The molecule has 0 bridgehead atoms. The molecule has 0 aliphatic heterocycles. The Morgan fingerprint density at radius 2 is 1.41 bits per heavy atom. The van der Waals surface area contributed by atoms with Crippen LogP contribution in [0.2, 0.25) is 0 Å². The number of ether oxygens (including phenoxy) is 3. The van der Waals surface area contributed by atoms with Crippen LogP contribution in [0.15, 0.2) is 71.7 Å². The number of rotatable bonds is 10. The summed E-state index contributed by atoms with van der Waals surface area (Å²) in [6.45, 7) is 7.28. The lowest BCUT2D eigenvalue weighted by atomic mass is 10.1. The first-order valence-corrected chi connectivity index (χ1v) is 11.1. The van der Waals surface area contributed by atoms with Crippen LogP contribution in [0.5, 0.6) is 11.5 Å². The SMILES string of the molecule is C=C(OCC)c1cc(F)c(N(Cc2ccc(OC)cc2)Cc2ccc(OC)cc2)cc1Br. The third kappa shape index (κ3) is 5.82. The number of methoxy groups -OCH3 is 2. The van der Waals surface area contributed by atoms with Crippen LogP contribution in [0.4, 0.5) is 10.1 Å². The van der Waals surface area contributed by atoms with Crippen LogP contribution in [-0.4, -0.2) is 20.8 Å². The molecule has 0 spiro atoms. The summed E-state index contributed by atoms with van der Waals surface area (Å²) in [5.74, 6) is 1.65. The van der Waals surface area contributed by atoms with E-state index in [1.165, 1.54) is 6.07 Å². The van der Waals surface area contributed by atoms with Gasteiger partial charge < -0.3 is 19.1 Å². The third-order valence-electron chi connectivity index (χ3n) is 5.06. The molecular formula is C26H27BrFNO3. The number of nitrogens with zero attached hydrogens (tertiary/aromatic N) is 1. The Balaban J connectivity index is 1.96. The molecule has 0 aliphatic carbocycles. The maximum Gasteiger partial charge on any atom is 0.147 e. The van der Waals surface area contributed by atoms with E-state index in [0.29, 0.717) is 36.7 Å². The van der Waals surface area contributed by atoms with Crippen LogP contribution in [0.1, 0.15) is 23.6 Å². The highest BCUT2D eigenvalue weighted by Gasteiger charge is 2.18. The van der Waals surface area contributed by atoms with E-state index in [1.54, 1.807) is 20.3 Å². The first-order valence-electron chi connectivity index (χ1n) is 10.3. The zero-order valence-corrected chi connectivity index (χ0v) is 20.1. The van der Waals surface area contributed by atoms with Gasteiger partial charge in [-0.05, 0) is 70.4 Å². The van der Waals surface area contributed by atoms with E-state index in [-0.39, 0.29) is 5.82 Å². The van der Waals surface area contributed by atoms with E-state index in [9.17, 15) is 0 Å². The average Bonchev–Trinajstić information content (AvgIpc) is 2.81. The number of halogens is 2. The molecule has 3 aromatic carbocycles. The van der Waals surface area contributed by atoms with Crippen molar-refractivity contribution in [2.45, 2.75) is 20.0 Å². The lowest BCUT2D eigenvalue weighted by Crippen LogP contribution is -2.23. The van der Waals surface area contributed by atoms with Crippen LogP contribution >= 0.6 is 15.9 Å². The second-order valence-electron chi connectivity index (χ2n) is 7.19. The maximum atomic E-state index is 15.3. The lowest BCUT2D eigenvalue weighted by Gasteiger charge is -2.27. The van der Waals surface area contributed by atoms with Gasteiger partial charge in [0.1, 0.15) is 23.1 Å². The number of hydrogen-bond acceptors (Lipinski definition) is 4. The number of anilines is 1. The molecule has 0 radical (unpaired) electrons. The first kappa shape index (κ1) is 23.7. The second kappa shape index (κ2) is 11.0. The zero-order chi connectivity index (χ0) is 23.1. The van der Waals surface area contributed by atoms with E-state index in [1.807, 2.05) is 60.4 Å². The van der Waals surface area contributed by atoms with Gasteiger partial charge >= 0.3 is 0 Å². The van der Waals surface area contributed by atoms with Gasteiger partial charge in [-0.25, -0.2) is 4.39 Å². The molecule has 0 saturated heterocycles. The Hall–Kier alpha value is -2.99. The highest BCUT2D eigenvalue weighted by atomic mass is 79.9. The van der Waals surface area contributed by atoms with Crippen molar-refractivity contribution in [1.82, 2.24) is 0 Å². The minimum absolute atomic E-state index is 0.342. The van der Waals surface area contributed by atoms with Crippen molar-refractivity contribution in [1.29, 1.82) is 0 Å². The van der Waals surface area contributed by atoms with Gasteiger partial charge in [0.2, 0.25) is 0 Å². The first-order chi connectivity index (χ1) is 15.4. The van der Waals surface area contributed by atoms with Gasteiger partial charge in [0, 0.05) is 23.1 Å². The molecule has 6 heteroatoms. The fraction of sp³-hybridized carbons (Fsp3) is 0.231. The maximum absolute atomic E-state index is 15.3. The molecule has 0 saturated carbocycles. The van der Waals surface area contributed by atoms with Crippen LogP contribution in [0.3, 0.4) is 0 Å². The Kier molecular flexibility index (Phi) is 8.17. The third-order valence-corrected chi connectivity index (χ3v) is 5.72. The highest BCUT2D eigenvalue weighted by molar-refractivity contribution is 9.10.